The molecule has 0 amide bonds. The molecule has 3 rings (SSSR count). The van der Waals surface area contributed by atoms with Gasteiger partial charge < -0.3 is 9.31 Å². The van der Waals surface area contributed by atoms with Gasteiger partial charge in [0.25, 0.3) is 0 Å². The van der Waals surface area contributed by atoms with Crippen molar-refractivity contribution in [3.05, 3.63) is 23.9 Å². The molecule has 6 heteroatoms. The number of hydrogen-bond acceptors (Lipinski definition) is 4. The molecule has 1 aromatic heterocycles. The summed E-state index contributed by atoms with van der Waals surface area (Å²) in [6, 6.07) is 6.07. The van der Waals surface area contributed by atoms with Crippen LogP contribution in [0.1, 0.15) is 39.7 Å². The average Bonchev–Trinajstić information content (AvgIpc) is 2.76. The smallest absolute Gasteiger partial charge is 0.402 e. The van der Waals surface area contributed by atoms with Gasteiger partial charge >= 0.3 is 7.12 Å². The maximum atomic E-state index is 9.40. The first-order chi connectivity index (χ1) is 10.2. The molecule has 114 valence electrons. The number of nitriles is 1. The maximum absolute atomic E-state index is 9.40. The van der Waals surface area contributed by atoms with Crippen molar-refractivity contribution in [3.8, 4) is 6.07 Å². The number of aryl methyl sites for hydroxylation is 1. The molecule has 0 radical (unpaired) electrons. The van der Waals surface area contributed by atoms with Crippen LogP contribution in [0.25, 0.3) is 10.9 Å². The fraction of sp³-hybridized carbons (Fsp3) is 0.500. The summed E-state index contributed by atoms with van der Waals surface area (Å²) in [6.07, 6.45) is 2.53. The first-order valence-electron chi connectivity index (χ1n) is 7.42. The van der Waals surface area contributed by atoms with E-state index in [-0.39, 0.29) is 11.2 Å². The molecular weight excluding hydrogens is 277 g/mol. The molecule has 1 aliphatic rings. The highest BCUT2D eigenvalue weighted by molar-refractivity contribution is 6.62. The van der Waals surface area contributed by atoms with Gasteiger partial charge in [-0.3, -0.25) is 4.68 Å². The van der Waals surface area contributed by atoms with Crippen molar-refractivity contribution in [3.63, 3.8) is 0 Å². The molecule has 0 spiro atoms. The fourth-order valence-electron chi connectivity index (χ4n) is 3.35. The van der Waals surface area contributed by atoms with Crippen molar-refractivity contribution >= 4 is 23.5 Å². The predicted octanol–water partition coefficient (Wildman–Crippen LogP) is 2.13. The second kappa shape index (κ2) is 4.84. The highest BCUT2D eigenvalue weighted by atomic mass is 16.6. The molecule has 0 saturated carbocycles. The quantitative estimate of drug-likeness (QED) is 0.757. The van der Waals surface area contributed by atoms with Crippen molar-refractivity contribution in [2.45, 2.75) is 45.3 Å². The molecule has 0 bridgehead atoms. The number of benzene rings is 1. The first kappa shape index (κ1) is 15.1. The molecule has 0 unspecified atom stereocenters. The largest absolute Gasteiger partial charge is 0.494 e. The Morgan fingerprint density at radius 3 is 2.45 bits per heavy atom. The second-order valence-electron chi connectivity index (χ2n) is 7.15. The van der Waals surface area contributed by atoms with Crippen LogP contribution in [0.3, 0.4) is 0 Å². The third kappa shape index (κ3) is 2.62. The van der Waals surface area contributed by atoms with Crippen LogP contribution in [0.4, 0.5) is 0 Å². The molecule has 1 saturated heterocycles. The molecule has 1 fully saturated rings. The first-order valence-corrected chi connectivity index (χ1v) is 7.42. The van der Waals surface area contributed by atoms with Crippen LogP contribution in [-0.4, -0.2) is 28.1 Å². The summed E-state index contributed by atoms with van der Waals surface area (Å²) < 4.78 is 14.0. The molecule has 0 aliphatic carbocycles. The Morgan fingerprint density at radius 1 is 1.23 bits per heavy atom. The minimum Gasteiger partial charge on any atom is -0.402 e. The second-order valence-corrected chi connectivity index (χ2v) is 7.15. The van der Waals surface area contributed by atoms with E-state index in [0.717, 1.165) is 22.8 Å². The third-order valence-electron chi connectivity index (χ3n) is 3.99. The highest BCUT2D eigenvalue weighted by Gasteiger charge is 2.43. The zero-order chi connectivity index (χ0) is 16.1. The van der Waals surface area contributed by atoms with Crippen LogP contribution in [-0.2, 0) is 16.4 Å². The van der Waals surface area contributed by atoms with E-state index in [9.17, 15) is 5.26 Å². The Hall–Kier alpha value is -1.84. The molecular formula is C16H20BN3O2. The van der Waals surface area contributed by atoms with E-state index in [1.807, 2.05) is 19.2 Å². The van der Waals surface area contributed by atoms with Crippen molar-refractivity contribution in [1.29, 1.82) is 5.26 Å². The summed E-state index contributed by atoms with van der Waals surface area (Å²) in [4.78, 5) is 0. The van der Waals surface area contributed by atoms with Gasteiger partial charge in [-0.15, -0.1) is 0 Å². The molecule has 5 nitrogen and oxygen atoms in total. The summed E-state index contributed by atoms with van der Waals surface area (Å²) in [5.74, 6) is 0. The summed E-state index contributed by atoms with van der Waals surface area (Å²) in [6.45, 7) is 8.27. The number of hydrogen-bond donors (Lipinski definition) is 0. The van der Waals surface area contributed by atoms with Crippen LogP contribution in [0.2, 0.25) is 0 Å². The van der Waals surface area contributed by atoms with E-state index in [1.165, 1.54) is 0 Å². The van der Waals surface area contributed by atoms with Crippen LogP contribution >= 0.6 is 0 Å². The molecule has 2 heterocycles. The molecule has 22 heavy (non-hydrogen) atoms. The summed E-state index contributed by atoms with van der Waals surface area (Å²) in [5, 5.41) is 14.5. The number of rotatable bonds is 1. The zero-order valence-electron chi connectivity index (χ0n) is 13.7. The van der Waals surface area contributed by atoms with E-state index >= 15 is 0 Å². The SMILES string of the molecule is Cn1ncc2c(C#N)cc(B3OC(C)(C)CC(C)(C)O3)cc21. The summed E-state index contributed by atoms with van der Waals surface area (Å²) in [7, 11) is 1.38. The Morgan fingerprint density at radius 2 is 1.86 bits per heavy atom. The van der Waals surface area contributed by atoms with E-state index < -0.39 is 7.12 Å². The predicted molar refractivity (Wildman–Crippen MR) is 85.8 cm³/mol. The summed E-state index contributed by atoms with van der Waals surface area (Å²) >= 11 is 0. The monoisotopic (exact) mass is 297 g/mol. The van der Waals surface area contributed by atoms with Crippen molar-refractivity contribution in [2.75, 3.05) is 0 Å². The molecule has 0 N–H and O–H groups in total. The van der Waals surface area contributed by atoms with Gasteiger partial charge in [0, 0.05) is 18.9 Å². The number of fused-ring (bicyclic) bond motifs is 1. The van der Waals surface area contributed by atoms with Crippen LogP contribution in [0, 0.1) is 11.3 Å². The van der Waals surface area contributed by atoms with Crippen LogP contribution in [0.5, 0.6) is 0 Å². The van der Waals surface area contributed by atoms with Gasteiger partial charge in [-0.1, -0.05) is 0 Å². The lowest BCUT2D eigenvalue weighted by atomic mass is 9.72. The average molecular weight is 297 g/mol. The summed E-state index contributed by atoms with van der Waals surface area (Å²) in [5.41, 5.74) is 1.80. The van der Waals surface area contributed by atoms with E-state index in [0.29, 0.717) is 5.56 Å². The molecule has 1 aromatic carbocycles. The van der Waals surface area contributed by atoms with Gasteiger partial charge in [0.05, 0.1) is 34.5 Å². The lowest BCUT2D eigenvalue weighted by Gasteiger charge is -2.44. The van der Waals surface area contributed by atoms with E-state index in [2.05, 4.69) is 38.9 Å². The Balaban J connectivity index is 2.10. The molecule has 0 atom stereocenters. The van der Waals surface area contributed by atoms with Crippen molar-refractivity contribution in [2.24, 2.45) is 7.05 Å². The normalized spacial score (nSPS) is 20.1. The minimum atomic E-state index is -0.481. The van der Waals surface area contributed by atoms with Gasteiger partial charge in [-0.05, 0) is 45.3 Å². The van der Waals surface area contributed by atoms with Crippen molar-refractivity contribution in [1.82, 2.24) is 9.78 Å². The number of aromatic nitrogens is 2. The topological polar surface area (TPSA) is 60.1 Å². The Labute approximate surface area is 131 Å². The zero-order valence-corrected chi connectivity index (χ0v) is 13.7. The lowest BCUT2D eigenvalue weighted by Crippen LogP contribution is -2.56. The van der Waals surface area contributed by atoms with Crippen molar-refractivity contribution < 1.29 is 9.31 Å². The molecule has 2 aromatic rings. The van der Waals surface area contributed by atoms with Gasteiger partial charge in [-0.25, -0.2) is 0 Å². The van der Waals surface area contributed by atoms with Gasteiger partial charge in [0.2, 0.25) is 0 Å². The van der Waals surface area contributed by atoms with E-state index in [1.54, 1.807) is 10.9 Å². The maximum Gasteiger partial charge on any atom is 0.494 e. The van der Waals surface area contributed by atoms with Gasteiger partial charge in [-0.2, -0.15) is 10.4 Å². The Kier molecular flexibility index (Phi) is 3.31. The molecule has 1 aliphatic heterocycles. The van der Waals surface area contributed by atoms with Crippen LogP contribution in [0.15, 0.2) is 18.3 Å². The van der Waals surface area contributed by atoms with Gasteiger partial charge in [0.1, 0.15) is 0 Å². The third-order valence-corrected chi connectivity index (χ3v) is 3.99. The fourth-order valence-corrected chi connectivity index (χ4v) is 3.35. The van der Waals surface area contributed by atoms with Gasteiger partial charge in [0.15, 0.2) is 0 Å². The standard InChI is InChI=1S/C16H20BN3O2/c1-15(2)10-16(3,4)22-17(21-15)12-6-11(8-18)13-9-19-20(5)14(13)7-12/h6-7,9H,10H2,1-5H3. The van der Waals surface area contributed by atoms with E-state index in [4.69, 9.17) is 9.31 Å². The number of nitrogens with zero attached hydrogens (tertiary/aromatic N) is 3. The Bertz CT molecular complexity index is 758. The van der Waals surface area contributed by atoms with Crippen LogP contribution < -0.4 is 5.46 Å². The lowest BCUT2D eigenvalue weighted by molar-refractivity contribution is -0.0716. The highest BCUT2D eigenvalue weighted by Crippen LogP contribution is 2.33. The minimum absolute atomic E-state index is 0.277.